The van der Waals surface area contributed by atoms with Gasteiger partial charge in [-0.3, -0.25) is 9.78 Å². The highest BCUT2D eigenvalue weighted by molar-refractivity contribution is 5.78. The molecule has 1 saturated carbocycles. The molecule has 0 aromatic carbocycles. The van der Waals surface area contributed by atoms with Gasteiger partial charge in [-0.1, -0.05) is 0 Å². The normalized spacial score (nSPS) is 29.7. The van der Waals surface area contributed by atoms with E-state index in [4.69, 9.17) is 14.2 Å². The van der Waals surface area contributed by atoms with E-state index < -0.39 is 11.8 Å². The molecule has 2 aromatic heterocycles. The van der Waals surface area contributed by atoms with Crippen LogP contribution in [-0.2, 0) is 14.3 Å². The Hall–Kier alpha value is -2.25. The molecule has 1 N–H and O–H groups in total. The number of aromatic nitrogens is 2. The van der Waals surface area contributed by atoms with Crippen LogP contribution in [0.5, 0.6) is 5.88 Å². The number of pyridine rings is 2. The van der Waals surface area contributed by atoms with Crippen molar-refractivity contribution in [2.75, 3.05) is 7.11 Å². The van der Waals surface area contributed by atoms with Crippen LogP contribution in [0.3, 0.4) is 0 Å². The maximum atomic E-state index is 11.3. The minimum absolute atomic E-state index is 0.150. The second kappa shape index (κ2) is 7.29. The first-order valence-electron chi connectivity index (χ1n) is 9.76. The van der Waals surface area contributed by atoms with Gasteiger partial charge in [0.1, 0.15) is 6.10 Å². The molecule has 0 bridgehead atoms. The fraction of sp³-hybridized carbons (Fsp3) is 0.571. The average molecular weight is 386 g/mol. The highest BCUT2D eigenvalue weighted by Gasteiger charge is 2.47. The standard InChI is InChI=1S/C21H26N2O5/c1-21(2)27-18(12-4-6-13(7-5-12)20(24)25)19(28-21)14-10-11-22-15-8-9-16(26-3)23-17(14)15/h8-13,18-19H,4-7H2,1-3H3,(H,24,25)/t12-,13-,18-,19-/m1/s1. The van der Waals surface area contributed by atoms with E-state index in [-0.39, 0.29) is 24.0 Å². The number of aliphatic carboxylic acids is 1. The number of carboxylic acid groups (broad SMARTS) is 1. The van der Waals surface area contributed by atoms with Gasteiger partial charge in [0.05, 0.1) is 30.2 Å². The van der Waals surface area contributed by atoms with Crippen molar-refractivity contribution in [3.63, 3.8) is 0 Å². The third-order valence-electron chi connectivity index (χ3n) is 5.82. The highest BCUT2D eigenvalue weighted by Crippen LogP contribution is 2.46. The van der Waals surface area contributed by atoms with Crippen LogP contribution >= 0.6 is 0 Å². The molecule has 1 aliphatic heterocycles. The number of rotatable bonds is 4. The summed E-state index contributed by atoms with van der Waals surface area (Å²) in [4.78, 5) is 20.3. The number of methoxy groups -OCH3 is 1. The van der Waals surface area contributed by atoms with Crippen molar-refractivity contribution in [2.45, 2.75) is 57.5 Å². The zero-order chi connectivity index (χ0) is 19.9. The first-order chi connectivity index (χ1) is 13.4. The van der Waals surface area contributed by atoms with Crippen molar-refractivity contribution < 1.29 is 24.1 Å². The molecule has 1 aliphatic carbocycles. The van der Waals surface area contributed by atoms with Gasteiger partial charge < -0.3 is 19.3 Å². The molecule has 2 aliphatic rings. The summed E-state index contributed by atoms with van der Waals surface area (Å²) < 4.78 is 17.9. The van der Waals surface area contributed by atoms with Crippen molar-refractivity contribution in [1.82, 2.24) is 9.97 Å². The first kappa shape index (κ1) is 19.1. The maximum Gasteiger partial charge on any atom is 0.306 e. The van der Waals surface area contributed by atoms with Crippen LogP contribution < -0.4 is 4.74 Å². The third kappa shape index (κ3) is 3.56. The predicted molar refractivity (Wildman–Crippen MR) is 102 cm³/mol. The number of hydrogen-bond donors (Lipinski definition) is 1. The van der Waals surface area contributed by atoms with Crippen molar-refractivity contribution >= 4 is 17.0 Å². The van der Waals surface area contributed by atoms with Gasteiger partial charge in [0.2, 0.25) is 5.88 Å². The van der Waals surface area contributed by atoms with Gasteiger partial charge in [0.25, 0.3) is 0 Å². The Morgan fingerprint density at radius 1 is 1.18 bits per heavy atom. The van der Waals surface area contributed by atoms with Crippen LogP contribution in [0.4, 0.5) is 0 Å². The monoisotopic (exact) mass is 386 g/mol. The van der Waals surface area contributed by atoms with Gasteiger partial charge >= 0.3 is 5.97 Å². The summed E-state index contributed by atoms with van der Waals surface area (Å²) in [6, 6.07) is 5.61. The molecule has 0 amide bonds. The lowest BCUT2D eigenvalue weighted by Crippen LogP contribution is -2.32. The summed E-state index contributed by atoms with van der Waals surface area (Å²) >= 11 is 0. The number of carboxylic acids is 1. The zero-order valence-corrected chi connectivity index (χ0v) is 16.4. The van der Waals surface area contributed by atoms with E-state index in [0.717, 1.165) is 29.4 Å². The van der Waals surface area contributed by atoms with Crippen LogP contribution in [0.25, 0.3) is 11.0 Å². The molecule has 3 heterocycles. The fourth-order valence-electron chi connectivity index (χ4n) is 4.44. The number of nitrogens with zero attached hydrogens (tertiary/aromatic N) is 2. The SMILES string of the molecule is COc1ccc2nccc([C@H]3OC(C)(C)O[C@@H]3[C@H]3CC[C@H](C(=O)O)CC3)c2n1. The smallest absolute Gasteiger partial charge is 0.306 e. The minimum atomic E-state index is -0.715. The summed E-state index contributed by atoms with van der Waals surface area (Å²) in [6.45, 7) is 3.83. The zero-order valence-electron chi connectivity index (χ0n) is 16.4. The fourth-order valence-corrected chi connectivity index (χ4v) is 4.44. The second-order valence-corrected chi connectivity index (χ2v) is 8.09. The van der Waals surface area contributed by atoms with Crippen molar-refractivity contribution in [2.24, 2.45) is 11.8 Å². The lowest BCUT2D eigenvalue weighted by molar-refractivity contribution is -0.154. The Bertz CT molecular complexity index is 876. The number of ether oxygens (including phenoxy) is 3. The Kier molecular flexibility index (Phi) is 4.97. The molecule has 7 nitrogen and oxygen atoms in total. The molecule has 1 saturated heterocycles. The Balaban J connectivity index is 1.67. The second-order valence-electron chi connectivity index (χ2n) is 8.09. The van der Waals surface area contributed by atoms with E-state index in [1.54, 1.807) is 19.4 Å². The van der Waals surface area contributed by atoms with Gasteiger partial charge in [-0.15, -0.1) is 0 Å². The first-order valence-corrected chi connectivity index (χ1v) is 9.76. The van der Waals surface area contributed by atoms with Crippen molar-refractivity contribution in [1.29, 1.82) is 0 Å². The molecule has 4 rings (SSSR count). The molecule has 150 valence electrons. The van der Waals surface area contributed by atoms with Crippen LogP contribution in [0.2, 0.25) is 0 Å². The molecule has 2 aromatic rings. The highest BCUT2D eigenvalue weighted by atomic mass is 16.8. The summed E-state index contributed by atoms with van der Waals surface area (Å²) in [5.74, 6) is -0.893. The van der Waals surface area contributed by atoms with Gasteiger partial charge in [-0.2, -0.15) is 0 Å². The van der Waals surface area contributed by atoms with E-state index in [2.05, 4.69) is 9.97 Å². The molecular formula is C21H26N2O5. The molecule has 2 atom stereocenters. The molecule has 2 fully saturated rings. The molecule has 0 radical (unpaired) electrons. The van der Waals surface area contributed by atoms with Gasteiger partial charge in [-0.05, 0) is 57.6 Å². The van der Waals surface area contributed by atoms with E-state index in [1.165, 1.54) is 0 Å². The molecule has 7 heteroatoms. The van der Waals surface area contributed by atoms with Gasteiger partial charge in [-0.25, -0.2) is 4.98 Å². The molecule has 0 spiro atoms. The van der Waals surface area contributed by atoms with Crippen molar-refractivity contribution in [3.05, 3.63) is 30.0 Å². The summed E-state index contributed by atoms with van der Waals surface area (Å²) in [7, 11) is 1.59. The minimum Gasteiger partial charge on any atom is -0.481 e. The average Bonchev–Trinajstić information content (AvgIpc) is 3.02. The number of fused-ring (bicyclic) bond motifs is 1. The number of hydrogen-bond acceptors (Lipinski definition) is 6. The summed E-state index contributed by atoms with van der Waals surface area (Å²) in [5, 5.41) is 9.29. The van der Waals surface area contributed by atoms with Crippen LogP contribution in [0, 0.1) is 11.8 Å². The molecule has 0 unspecified atom stereocenters. The van der Waals surface area contributed by atoms with E-state index >= 15 is 0 Å². The summed E-state index contributed by atoms with van der Waals surface area (Å²) in [5.41, 5.74) is 2.46. The van der Waals surface area contributed by atoms with Crippen molar-refractivity contribution in [3.8, 4) is 5.88 Å². The van der Waals surface area contributed by atoms with Gasteiger partial charge in [0, 0.05) is 17.8 Å². The number of carbonyl (C=O) groups is 1. The van der Waals surface area contributed by atoms with E-state index in [0.29, 0.717) is 18.7 Å². The molecule has 28 heavy (non-hydrogen) atoms. The van der Waals surface area contributed by atoms with Crippen LogP contribution in [0.1, 0.15) is 51.2 Å². The quantitative estimate of drug-likeness (QED) is 0.856. The summed E-state index contributed by atoms with van der Waals surface area (Å²) in [6.07, 6.45) is 4.31. The van der Waals surface area contributed by atoms with Gasteiger partial charge in [0.15, 0.2) is 5.79 Å². The van der Waals surface area contributed by atoms with E-state index in [9.17, 15) is 9.90 Å². The van der Waals surface area contributed by atoms with Crippen LogP contribution in [-0.4, -0.2) is 40.0 Å². The van der Waals surface area contributed by atoms with E-state index in [1.807, 2.05) is 26.0 Å². The maximum absolute atomic E-state index is 11.3. The Morgan fingerprint density at radius 3 is 2.61 bits per heavy atom. The largest absolute Gasteiger partial charge is 0.481 e. The Morgan fingerprint density at radius 2 is 1.93 bits per heavy atom. The lowest BCUT2D eigenvalue weighted by Gasteiger charge is -2.32. The van der Waals surface area contributed by atoms with Crippen LogP contribution in [0.15, 0.2) is 24.4 Å². The topological polar surface area (TPSA) is 90.8 Å². The predicted octanol–water partition coefficient (Wildman–Crippen LogP) is 3.72. The Labute approximate surface area is 164 Å². The molecular weight excluding hydrogens is 360 g/mol. The lowest BCUT2D eigenvalue weighted by atomic mass is 9.77. The third-order valence-corrected chi connectivity index (χ3v) is 5.82.